The van der Waals surface area contributed by atoms with Gasteiger partial charge in [0.15, 0.2) is 6.61 Å². The van der Waals surface area contributed by atoms with Gasteiger partial charge >= 0.3 is 5.97 Å². The van der Waals surface area contributed by atoms with Gasteiger partial charge in [-0.15, -0.1) is 0 Å². The van der Waals surface area contributed by atoms with E-state index in [-0.39, 0.29) is 12.2 Å². The Hall–Kier alpha value is -2.44. The summed E-state index contributed by atoms with van der Waals surface area (Å²) in [5, 5.41) is 3.63. The minimum absolute atomic E-state index is 0.111. The van der Waals surface area contributed by atoms with Crippen LogP contribution in [0.1, 0.15) is 18.2 Å². The lowest BCUT2D eigenvalue weighted by atomic mass is 10.1. The molecule has 1 rings (SSSR count). The summed E-state index contributed by atoms with van der Waals surface area (Å²) in [7, 11) is 2.72. The summed E-state index contributed by atoms with van der Waals surface area (Å²) in [5.74, 6) is -0.545. The van der Waals surface area contributed by atoms with Crippen LogP contribution in [-0.2, 0) is 25.7 Å². The summed E-state index contributed by atoms with van der Waals surface area (Å²) in [4.78, 5) is 24.6. The summed E-state index contributed by atoms with van der Waals surface area (Å²) < 4.78 is 9.56. The SMILES string of the molecule is CC=NOCc1ncncc1/C(=C\OC)C(=O)OC. The Morgan fingerprint density at radius 2 is 2.26 bits per heavy atom. The minimum atomic E-state index is -0.545. The first-order valence-electron chi connectivity index (χ1n) is 5.45. The largest absolute Gasteiger partial charge is 0.503 e. The molecule has 0 aliphatic carbocycles. The zero-order chi connectivity index (χ0) is 14.1. The molecular weight excluding hydrogens is 250 g/mol. The van der Waals surface area contributed by atoms with Crippen molar-refractivity contribution in [2.45, 2.75) is 13.5 Å². The Balaban J connectivity index is 3.09. The van der Waals surface area contributed by atoms with E-state index >= 15 is 0 Å². The molecular formula is C12H15N3O4. The van der Waals surface area contributed by atoms with E-state index in [0.717, 1.165) is 0 Å². The van der Waals surface area contributed by atoms with Gasteiger partial charge in [-0.05, 0) is 6.92 Å². The average molecular weight is 265 g/mol. The van der Waals surface area contributed by atoms with E-state index < -0.39 is 5.97 Å². The van der Waals surface area contributed by atoms with Crippen LogP contribution in [0.15, 0.2) is 23.9 Å². The van der Waals surface area contributed by atoms with Crippen molar-refractivity contribution in [2.24, 2.45) is 5.16 Å². The van der Waals surface area contributed by atoms with Gasteiger partial charge in [0, 0.05) is 18.0 Å². The summed E-state index contributed by atoms with van der Waals surface area (Å²) in [6.07, 6.45) is 5.63. The van der Waals surface area contributed by atoms with Gasteiger partial charge in [-0.25, -0.2) is 14.8 Å². The molecule has 7 heteroatoms. The lowest BCUT2D eigenvalue weighted by Crippen LogP contribution is -2.09. The number of carbonyl (C=O) groups excluding carboxylic acids is 1. The standard InChI is InChI=1S/C12H15N3O4/c1-4-15-19-7-11-9(5-13-8-14-11)10(6-17-2)12(16)18-3/h4-6,8H,7H2,1-3H3/b10-6+,15-4?. The molecule has 0 aliphatic heterocycles. The highest BCUT2D eigenvalue weighted by Gasteiger charge is 2.18. The van der Waals surface area contributed by atoms with Gasteiger partial charge in [0.05, 0.1) is 26.2 Å². The number of hydrogen-bond donors (Lipinski definition) is 0. The number of ether oxygens (including phenoxy) is 2. The molecule has 1 aromatic rings. The number of rotatable bonds is 6. The smallest absolute Gasteiger partial charge is 0.341 e. The number of carbonyl (C=O) groups is 1. The van der Waals surface area contributed by atoms with Crippen LogP contribution in [0, 0.1) is 0 Å². The monoisotopic (exact) mass is 265 g/mol. The molecule has 0 aliphatic rings. The number of methoxy groups -OCH3 is 2. The van der Waals surface area contributed by atoms with E-state index in [0.29, 0.717) is 11.3 Å². The molecule has 0 radical (unpaired) electrons. The van der Waals surface area contributed by atoms with Gasteiger partial charge in [0.1, 0.15) is 11.9 Å². The Labute approximate surface area is 110 Å². The molecule has 0 bridgehead atoms. The Morgan fingerprint density at radius 1 is 1.47 bits per heavy atom. The fraction of sp³-hybridized carbons (Fsp3) is 0.333. The predicted molar refractivity (Wildman–Crippen MR) is 68.0 cm³/mol. The molecule has 19 heavy (non-hydrogen) atoms. The second-order valence-electron chi connectivity index (χ2n) is 3.28. The van der Waals surface area contributed by atoms with E-state index in [1.807, 2.05) is 0 Å². The first kappa shape index (κ1) is 14.6. The summed E-state index contributed by atoms with van der Waals surface area (Å²) in [6, 6.07) is 0. The maximum atomic E-state index is 11.7. The molecule has 0 saturated heterocycles. The lowest BCUT2D eigenvalue weighted by molar-refractivity contribution is -0.133. The molecule has 0 atom stereocenters. The fourth-order valence-corrected chi connectivity index (χ4v) is 1.32. The van der Waals surface area contributed by atoms with Gasteiger partial charge < -0.3 is 14.3 Å². The number of hydrogen-bond acceptors (Lipinski definition) is 7. The second kappa shape index (κ2) is 7.80. The first-order valence-corrected chi connectivity index (χ1v) is 5.45. The molecule has 0 aromatic carbocycles. The zero-order valence-corrected chi connectivity index (χ0v) is 11.0. The second-order valence-corrected chi connectivity index (χ2v) is 3.28. The fourth-order valence-electron chi connectivity index (χ4n) is 1.32. The molecule has 1 heterocycles. The molecule has 0 N–H and O–H groups in total. The first-order chi connectivity index (χ1) is 9.24. The van der Waals surface area contributed by atoms with Crippen molar-refractivity contribution in [1.82, 2.24) is 9.97 Å². The number of nitrogens with zero attached hydrogens (tertiary/aromatic N) is 3. The van der Waals surface area contributed by atoms with Gasteiger partial charge in [0.2, 0.25) is 0 Å². The third-order valence-corrected chi connectivity index (χ3v) is 2.11. The highest BCUT2D eigenvalue weighted by atomic mass is 16.6. The number of oxime groups is 1. The lowest BCUT2D eigenvalue weighted by Gasteiger charge is -2.09. The average Bonchev–Trinajstić information content (AvgIpc) is 2.45. The maximum absolute atomic E-state index is 11.7. The van der Waals surface area contributed by atoms with Crippen LogP contribution in [0.2, 0.25) is 0 Å². The Morgan fingerprint density at radius 3 is 2.89 bits per heavy atom. The Kier molecular flexibility index (Phi) is 6.00. The minimum Gasteiger partial charge on any atom is -0.503 e. The topological polar surface area (TPSA) is 82.9 Å². The number of esters is 1. The van der Waals surface area contributed by atoms with Crippen molar-refractivity contribution in [3.05, 3.63) is 30.0 Å². The zero-order valence-electron chi connectivity index (χ0n) is 11.0. The molecule has 0 amide bonds. The van der Waals surface area contributed by atoms with Crippen molar-refractivity contribution in [2.75, 3.05) is 14.2 Å². The van der Waals surface area contributed by atoms with Crippen molar-refractivity contribution in [3.63, 3.8) is 0 Å². The van der Waals surface area contributed by atoms with Crippen molar-refractivity contribution in [3.8, 4) is 0 Å². The van der Waals surface area contributed by atoms with Gasteiger partial charge in [0.25, 0.3) is 0 Å². The van der Waals surface area contributed by atoms with E-state index in [2.05, 4.69) is 19.9 Å². The highest BCUT2D eigenvalue weighted by Crippen LogP contribution is 2.19. The molecule has 7 nitrogen and oxygen atoms in total. The van der Waals surface area contributed by atoms with E-state index in [9.17, 15) is 4.79 Å². The maximum Gasteiger partial charge on any atom is 0.341 e. The van der Waals surface area contributed by atoms with Crippen molar-refractivity contribution in [1.29, 1.82) is 0 Å². The molecule has 0 fully saturated rings. The van der Waals surface area contributed by atoms with Gasteiger partial charge in [-0.3, -0.25) is 0 Å². The molecule has 0 unspecified atom stereocenters. The summed E-state index contributed by atoms with van der Waals surface area (Å²) in [6.45, 7) is 1.84. The van der Waals surface area contributed by atoms with Gasteiger partial charge in [-0.1, -0.05) is 5.16 Å². The van der Waals surface area contributed by atoms with E-state index in [1.165, 1.54) is 39.2 Å². The van der Waals surface area contributed by atoms with Crippen LogP contribution in [0.4, 0.5) is 0 Å². The van der Waals surface area contributed by atoms with Crippen molar-refractivity contribution >= 4 is 17.8 Å². The Bertz CT molecular complexity index is 486. The van der Waals surface area contributed by atoms with Crippen LogP contribution in [0.25, 0.3) is 5.57 Å². The molecule has 0 spiro atoms. The quantitative estimate of drug-likeness (QED) is 0.252. The van der Waals surface area contributed by atoms with E-state index in [1.54, 1.807) is 6.92 Å². The molecule has 1 aromatic heterocycles. The van der Waals surface area contributed by atoms with Gasteiger partial charge in [-0.2, -0.15) is 0 Å². The predicted octanol–water partition coefficient (Wildman–Crippen LogP) is 1.16. The van der Waals surface area contributed by atoms with E-state index in [4.69, 9.17) is 9.57 Å². The normalized spacial score (nSPS) is 11.4. The number of aromatic nitrogens is 2. The van der Waals surface area contributed by atoms with Crippen LogP contribution in [-0.4, -0.2) is 36.4 Å². The van der Waals surface area contributed by atoms with Crippen molar-refractivity contribution < 1.29 is 19.1 Å². The highest BCUT2D eigenvalue weighted by molar-refractivity contribution is 6.16. The van der Waals surface area contributed by atoms with Crippen LogP contribution < -0.4 is 0 Å². The van der Waals surface area contributed by atoms with Crippen LogP contribution in [0.5, 0.6) is 0 Å². The van der Waals surface area contributed by atoms with Crippen LogP contribution >= 0.6 is 0 Å². The molecule has 0 saturated carbocycles. The third kappa shape index (κ3) is 4.06. The summed E-state index contributed by atoms with van der Waals surface area (Å²) in [5.41, 5.74) is 1.20. The summed E-state index contributed by atoms with van der Waals surface area (Å²) >= 11 is 0. The third-order valence-electron chi connectivity index (χ3n) is 2.11. The molecule has 102 valence electrons. The van der Waals surface area contributed by atoms with Crippen LogP contribution in [0.3, 0.4) is 0 Å².